The lowest BCUT2D eigenvalue weighted by Gasteiger charge is -2.15. The van der Waals surface area contributed by atoms with Crippen molar-refractivity contribution in [3.8, 4) is 11.5 Å². The zero-order chi connectivity index (χ0) is 28.7. The van der Waals surface area contributed by atoms with E-state index in [1.165, 1.54) is 37.1 Å². The molecular formula is C28H25F2N5O5. The molecule has 5 rings (SSSR count). The third kappa shape index (κ3) is 4.79. The van der Waals surface area contributed by atoms with Crippen molar-refractivity contribution < 1.29 is 28.2 Å². The third-order valence-corrected chi connectivity index (χ3v) is 6.72. The number of hydrogen-bond donors (Lipinski definition) is 3. The van der Waals surface area contributed by atoms with E-state index in [-0.39, 0.29) is 28.7 Å². The molecule has 0 atom stereocenters. The number of carboxylic acids is 1. The van der Waals surface area contributed by atoms with Crippen LogP contribution in [0.15, 0.2) is 35.4 Å². The van der Waals surface area contributed by atoms with E-state index in [4.69, 9.17) is 20.9 Å². The topological polar surface area (TPSA) is 156 Å². The van der Waals surface area contributed by atoms with Crippen LogP contribution in [0.4, 0.5) is 20.5 Å². The number of nitrogen functional groups attached to an aromatic ring is 2. The zero-order valence-corrected chi connectivity index (χ0v) is 21.6. The van der Waals surface area contributed by atoms with Gasteiger partial charge < -0.3 is 30.6 Å². The molecule has 0 saturated heterocycles. The van der Waals surface area contributed by atoms with Gasteiger partial charge in [0.2, 0.25) is 11.4 Å². The van der Waals surface area contributed by atoms with Crippen LogP contribution in [0.3, 0.4) is 0 Å². The second kappa shape index (κ2) is 10.3. The molecule has 0 bridgehead atoms. The standard InChI is InChI=1S/C28H25F2N5O5/c1-39-21-9-13(8-15-11-33-28(32)34-26(15)31)7-14(25(21)40-2)3-6-17-20(29)10-18-23(22(17)30)35(16-4-5-16)12-19(24(18)36)27(37)38/h3,6-7,9-12,16H,4-5,8H2,1-2H3,(H,37,38)(H4,31,32,33,34)/b6-3+. The number of hydrogen-bond acceptors (Lipinski definition) is 8. The Morgan fingerprint density at radius 3 is 2.55 bits per heavy atom. The van der Waals surface area contributed by atoms with E-state index < -0.39 is 34.2 Å². The van der Waals surface area contributed by atoms with Crippen LogP contribution in [0.5, 0.6) is 11.5 Å². The molecule has 2 aromatic carbocycles. The fraction of sp³-hybridized carbons (Fsp3) is 0.214. The van der Waals surface area contributed by atoms with Crippen LogP contribution in [-0.4, -0.2) is 39.8 Å². The average molecular weight is 550 g/mol. The molecule has 0 unspecified atom stereocenters. The summed E-state index contributed by atoms with van der Waals surface area (Å²) in [5.74, 6) is -2.49. The predicted octanol–water partition coefficient (Wildman–Crippen LogP) is 4.05. The molecule has 1 aliphatic carbocycles. The highest BCUT2D eigenvalue weighted by Gasteiger charge is 2.29. The zero-order valence-electron chi connectivity index (χ0n) is 21.6. The molecule has 12 heteroatoms. The lowest BCUT2D eigenvalue weighted by atomic mass is 10.0. The van der Waals surface area contributed by atoms with Gasteiger partial charge in [-0.2, -0.15) is 4.98 Å². The van der Waals surface area contributed by atoms with Gasteiger partial charge in [-0.15, -0.1) is 0 Å². The second-order valence-corrected chi connectivity index (χ2v) is 9.37. The number of anilines is 2. The number of ether oxygens (including phenoxy) is 2. The van der Waals surface area contributed by atoms with Gasteiger partial charge in [-0.25, -0.2) is 18.6 Å². The quantitative estimate of drug-likeness (QED) is 0.276. The number of nitrogens with zero attached hydrogens (tertiary/aromatic N) is 3. The van der Waals surface area contributed by atoms with Crippen molar-refractivity contribution in [3.05, 3.63) is 80.3 Å². The Labute approximate surface area is 226 Å². The molecule has 1 saturated carbocycles. The van der Waals surface area contributed by atoms with E-state index in [0.29, 0.717) is 41.9 Å². The Hall–Kier alpha value is -5.00. The lowest BCUT2D eigenvalue weighted by molar-refractivity contribution is 0.0694. The first-order valence-corrected chi connectivity index (χ1v) is 12.2. The first kappa shape index (κ1) is 26.6. The average Bonchev–Trinajstić information content (AvgIpc) is 3.75. The van der Waals surface area contributed by atoms with Gasteiger partial charge in [0.1, 0.15) is 17.2 Å². The number of aromatic carboxylic acids is 1. The van der Waals surface area contributed by atoms with Crippen LogP contribution in [0.25, 0.3) is 23.1 Å². The minimum absolute atomic E-state index is 0.0444. The summed E-state index contributed by atoms with van der Waals surface area (Å²) in [5.41, 5.74) is 11.3. The maximum Gasteiger partial charge on any atom is 0.341 e. The summed E-state index contributed by atoms with van der Waals surface area (Å²) in [6, 6.07) is 4.18. The van der Waals surface area contributed by atoms with Crippen molar-refractivity contribution in [1.29, 1.82) is 0 Å². The molecule has 1 aliphatic rings. The van der Waals surface area contributed by atoms with Crippen LogP contribution in [0, 0.1) is 11.6 Å². The monoisotopic (exact) mass is 549 g/mol. The van der Waals surface area contributed by atoms with Crippen molar-refractivity contribution >= 4 is 40.8 Å². The SMILES string of the molecule is COc1cc(Cc2cnc(N)nc2N)cc(/C=C/c2c(F)cc3c(=O)c(C(=O)O)cn(C4CC4)c3c2F)c1OC. The summed E-state index contributed by atoms with van der Waals surface area (Å²) in [6.07, 6.45) is 7.03. The number of carbonyl (C=O) groups is 1. The molecule has 0 amide bonds. The van der Waals surface area contributed by atoms with Gasteiger partial charge in [0.05, 0.1) is 25.1 Å². The first-order chi connectivity index (χ1) is 19.1. The fourth-order valence-corrected chi connectivity index (χ4v) is 4.64. The normalized spacial score (nSPS) is 13.2. The van der Waals surface area contributed by atoms with Gasteiger partial charge in [0, 0.05) is 41.5 Å². The first-order valence-electron chi connectivity index (χ1n) is 12.2. The molecule has 10 nitrogen and oxygen atoms in total. The Balaban J connectivity index is 1.63. The number of nitrogens with two attached hydrogens (primary N) is 2. The molecule has 206 valence electrons. The van der Waals surface area contributed by atoms with E-state index >= 15 is 8.78 Å². The molecule has 0 radical (unpaired) electrons. The molecule has 5 N–H and O–H groups in total. The highest BCUT2D eigenvalue weighted by molar-refractivity contribution is 5.94. The second-order valence-electron chi connectivity index (χ2n) is 9.37. The molecule has 0 spiro atoms. The van der Waals surface area contributed by atoms with Crippen LogP contribution in [-0.2, 0) is 6.42 Å². The van der Waals surface area contributed by atoms with Crippen molar-refractivity contribution in [2.45, 2.75) is 25.3 Å². The number of methoxy groups -OCH3 is 2. The Bertz CT molecular complexity index is 1770. The molecule has 4 aromatic rings. The fourth-order valence-electron chi connectivity index (χ4n) is 4.64. The molecule has 0 aliphatic heterocycles. The summed E-state index contributed by atoms with van der Waals surface area (Å²) >= 11 is 0. The minimum Gasteiger partial charge on any atom is -0.493 e. The molecule has 40 heavy (non-hydrogen) atoms. The Kier molecular flexibility index (Phi) is 6.84. The summed E-state index contributed by atoms with van der Waals surface area (Å²) in [7, 11) is 2.90. The van der Waals surface area contributed by atoms with E-state index in [1.807, 2.05) is 0 Å². The van der Waals surface area contributed by atoms with Gasteiger partial charge >= 0.3 is 5.97 Å². The highest BCUT2D eigenvalue weighted by Crippen LogP contribution is 2.39. The number of rotatable bonds is 8. The van der Waals surface area contributed by atoms with Crippen LogP contribution in [0.2, 0.25) is 0 Å². The van der Waals surface area contributed by atoms with E-state index in [1.54, 1.807) is 12.1 Å². The van der Waals surface area contributed by atoms with E-state index in [2.05, 4.69) is 9.97 Å². The highest BCUT2D eigenvalue weighted by atomic mass is 19.1. The molecule has 1 fully saturated rings. The number of aromatic nitrogens is 3. The van der Waals surface area contributed by atoms with Crippen molar-refractivity contribution in [2.75, 3.05) is 25.7 Å². The van der Waals surface area contributed by atoms with E-state index in [0.717, 1.165) is 17.8 Å². The number of benzene rings is 2. The van der Waals surface area contributed by atoms with Crippen LogP contribution < -0.4 is 26.4 Å². The molecule has 2 aromatic heterocycles. The molecule has 2 heterocycles. The Morgan fingerprint density at radius 1 is 1.18 bits per heavy atom. The number of carboxylic acid groups (broad SMARTS) is 1. The smallest absolute Gasteiger partial charge is 0.341 e. The third-order valence-electron chi connectivity index (χ3n) is 6.72. The Morgan fingerprint density at radius 2 is 1.93 bits per heavy atom. The van der Waals surface area contributed by atoms with Crippen molar-refractivity contribution in [3.63, 3.8) is 0 Å². The van der Waals surface area contributed by atoms with Crippen molar-refractivity contribution in [2.24, 2.45) is 0 Å². The lowest BCUT2D eigenvalue weighted by Crippen LogP contribution is -2.20. The van der Waals surface area contributed by atoms with Crippen LogP contribution in [0.1, 0.15) is 51.5 Å². The minimum atomic E-state index is -1.46. The predicted molar refractivity (Wildman–Crippen MR) is 145 cm³/mol. The van der Waals surface area contributed by atoms with Crippen molar-refractivity contribution in [1.82, 2.24) is 14.5 Å². The van der Waals surface area contributed by atoms with E-state index in [9.17, 15) is 14.7 Å². The van der Waals surface area contributed by atoms with Gasteiger partial charge in [0.15, 0.2) is 17.3 Å². The number of fused-ring (bicyclic) bond motifs is 1. The maximum atomic E-state index is 15.9. The van der Waals surface area contributed by atoms with Crippen LogP contribution >= 0.6 is 0 Å². The van der Waals surface area contributed by atoms with Gasteiger partial charge in [-0.1, -0.05) is 6.08 Å². The molecular weight excluding hydrogens is 524 g/mol. The number of pyridine rings is 1. The summed E-state index contributed by atoms with van der Waals surface area (Å²) < 4.78 is 43.5. The van der Waals surface area contributed by atoms with Gasteiger partial charge in [0.25, 0.3) is 0 Å². The summed E-state index contributed by atoms with van der Waals surface area (Å²) in [6.45, 7) is 0. The maximum absolute atomic E-state index is 15.9. The largest absolute Gasteiger partial charge is 0.493 e. The number of halogens is 2. The summed E-state index contributed by atoms with van der Waals surface area (Å²) in [5, 5.41) is 9.11. The van der Waals surface area contributed by atoms with Gasteiger partial charge in [-0.05, 0) is 42.7 Å². The van der Waals surface area contributed by atoms with Gasteiger partial charge in [-0.3, -0.25) is 4.79 Å². The summed E-state index contributed by atoms with van der Waals surface area (Å²) in [4.78, 5) is 32.3.